The lowest BCUT2D eigenvalue weighted by Gasteiger charge is -2.21. The van der Waals surface area contributed by atoms with E-state index in [9.17, 15) is 0 Å². The van der Waals surface area contributed by atoms with E-state index in [-0.39, 0.29) is 0 Å². The quantitative estimate of drug-likeness (QED) is 0.512. The van der Waals surface area contributed by atoms with Crippen molar-refractivity contribution in [1.29, 1.82) is 0 Å². The zero-order valence-electron chi connectivity index (χ0n) is 6.39. The summed E-state index contributed by atoms with van der Waals surface area (Å²) in [6, 6.07) is 0. The molecule has 0 aromatic rings. The summed E-state index contributed by atoms with van der Waals surface area (Å²) in [5, 5.41) is 4.01. The molecule has 1 aliphatic heterocycles. The number of allylic oxidation sites excluding steroid dienone is 2. The van der Waals surface area contributed by atoms with Crippen molar-refractivity contribution in [2.24, 2.45) is 0 Å². The zero-order chi connectivity index (χ0) is 7.02. The molecule has 0 aliphatic carbocycles. The third-order valence-electron chi connectivity index (χ3n) is 1.81. The first kappa shape index (κ1) is 6.42. The van der Waals surface area contributed by atoms with Gasteiger partial charge in [0.05, 0.1) is 0 Å². The highest BCUT2D eigenvalue weighted by Crippen LogP contribution is 2.12. The maximum atomic E-state index is 3.16. The van der Waals surface area contributed by atoms with Gasteiger partial charge in [0.2, 0.25) is 0 Å². The predicted molar refractivity (Wildman–Crippen MR) is 37.0 cm³/mol. The van der Waals surface area contributed by atoms with Crippen molar-refractivity contribution < 1.29 is 0 Å². The van der Waals surface area contributed by atoms with Crippen molar-refractivity contribution in [3.8, 4) is 0 Å². The van der Waals surface area contributed by atoms with E-state index in [0.29, 0.717) is 0 Å². The fourth-order valence-electron chi connectivity index (χ4n) is 0.866. The van der Waals surface area contributed by atoms with E-state index in [0.717, 1.165) is 0 Å². The Balaban J connectivity index is 2.74. The second-order valence-corrected chi connectivity index (χ2v) is 2.37. The minimum absolute atomic E-state index is 1.22. The van der Waals surface area contributed by atoms with Gasteiger partial charge in [0.15, 0.2) is 0 Å². The van der Waals surface area contributed by atoms with E-state index in [1.807, 2.05) is 19.2 Å². The average molecular weight is 127 g/mol. The van der Waals surface area contributed by atoms with Crippen LogP contribution in [0.1, 0.15) is 13.8 Å². The SMILES string of the molecule is CC1=C(C)N(C)N(C)N1. The summed E-state index contributed by atoms with van der Waals surface area (Å²) in [7, 11) is 4.01. The summed E-state index contributed by atoms with van der Waals surface area (Å²) in [6.45, 7) is 4.15. The number of hydrogen-bond donors (Lipinski definition) is 1. The Morgan fingerprint density at radius 3 is 1.89 bits per heavy atom. The maximum Gasteiger partial charge on any atom is 0.0480 e. The smallest absolute Gasteiger partial charge is 0.0480 e. The maximum absolute atomic E-state index is 3.16. The van der Waals surface area contributed by atoms with Crippen LogP contribution >= 0.6 is 0 Å². The lowest BCUT2D eigenvalue weighted by Crippen LogP contribution is -2.36. The Bertz CT molecular complexity index is 150. The topological polar surface area (TPSA) is 18.5 Å². The van der Waals surface area contributed by atoms with Gasteiger partial charge in [0.25, 0.3) is 0 Å². The van der Waals surface area contributed by atoms with E-state index in [4.69, 9.17) is 0 Å². The van der Waals surface area contributed by atoms with Gasteiger partial charge in [-0.2, -0.15) is 0 Å². The van der Waals surface area contributed by atoms with Crippen LogP contribution in [0.5, 0.6) is 0 Å². The Morgan fingerprint density at radius 2 is 1.78 bits per heavy atom. The van der Waals surface area contributed by atoms with E-state index in [2.05, 4.69) is 24.3 Å². The van der Waals surface area contributed by atoms with Crippen LogP contribution < -0.4 is 5.43 Å². The van der Waals surface area contributed by atoms with Crippen LogP contribution in [0.2, 0.25) is 0 Å². The zero-order valence-corrected chi connectivity index (χ0v) is 6.39. The van der Waals surface area contributed by atoms with E-state index in [1.165, 1.54) is 11.4 Å². The molecule has 0 aromatic carbocycles. The number of nitrogens with zero attached hydrogens (tertiary/aromatic N) is 2. The lowest BCUT2D eigenvalue weighted by molar-refractivity contribution is 0.0525. The Labute approximate surface area is 55.9 Å². The summed E-state index contributed by atoms with van der Waals surface area (Å²) < 4.78 is 0. The van der Waals surface area contributed by atoms with Crippen LogP contribution in [0, 0.1) is 0 Å². The summed E-state index contributed by atoms with van der Waals surface area (Å²) in [5.74, 6) is 0. The lowest BCUT2D eigenvalue weighted by atomic mass is 10.4. The molecule has 0 spiro atoms. The molecule has 0 radical (unpaired) electrons. The van der Waals surface area contributed by atoms with Gasteiger partial charge in [-0.1, -0.05) is 0 Å². The van der Waals surface area contributed by atoms with Crippen LogP contribution in [-0.4, -0.2) is 24.2 Å². The number of nitrogens with one attached hydrogen (secondary N) is 1. The standard InChI is InChI=1S/C6H13N3/c1-5-6(2)8(3)9(4)7-5/h7H,1-4H3. The number of rotatable bonds is 0. The van der Waals surface area contributed by atoms with Gasteiger partial charge in [0.1, 0.15) is 0 Å². The highest BCUT2D eigenvalue weighted by molar-refractivity contribution is 5.08. The van der Waals surface area contributed by atoms with E-state index in [1.54, 1.807) is 0 Å². The summed E-state index contributed by atoms with van der Waals surface area (Å²) >= 11 is 0. The summed E-state index contributed by atoms with van der Waals surface area (Å²) in [5.41, 5.74) is 5.65. The van der Waals surface area contributed by atoms with E-state index < -0.39 is 0 Å². The minimum atomic E-state index is 1.22. The van der Waals surface area contributed by atoms with Crippen molar-refractivity contribution in [1.82, 2.24) is 15.6 Å². The van der Waals surface area contributed by atoms with Crippen LogP contribution in [0.3, 0.4) is 0 Å². The first-order valence-electron chi connectivity index (χ1n) is 3.04. The number of hydrogen-bond acceptors (Lipinski definition) is 3. The molecule has 9 heavy (non-hydrogen) atoms. The van der Waals surface area contributed by atoms with Gasteiger partial charge in [-0.3, -0.25) is 5.01 Å². The molecular formula is C6H13N3. The molecule has 1 rings (SSSR count). The predicted octanol–water partition coefficient (Wildman–Crippen LogP) is 0.535. The molecule has 1 N–H and O–H groups in total. The van der Waals surface area contributed by atoms with Crippen molar-refractivity contribution in [2.75, 3.05) is 14.1 Å². The third kappa shape index (κ3) is 0.876. The Hall–Kier alpha value is -0.700. The molecule has 0 amide bonds. The molecule has 3 nitrogen and oxygen atoms in total. The molecule has 3 heteroatoms. The molecule has 0 atom stereocenters. The molecule has 0 unspecified atom stereocenters. The second-order valence-electron chi connectivity index (χ2n) is 2.37. The first-order valence-corrected chi connectivity index (χ1v) is 3.04. The highest BCUT2D eigenvalue weighted by atomic mass is 15.8. The molecule has 1 heterocycles. The molecule has 0 bridgehead atoms. The fraction of sp³-hybridized carbons (Fsp3) is 0.667. The highest BCUT2D eigenvalue weighted by Gasteiger charge is 2.15. The Morgan fingerprint density at radius 1 is 1.22 bits per heavy atom. The van der Waals surface area contributed by atoms with Crippen LogP contribution in [0.4, 0.5) is 0 Å². The van der Waals surface area contributed by atoms with Crippen LogP contribution in [-0.2, 0) is 0 Å². The summed E-state index contributed by atoms with van der Waals surface area (Å²) in [4.78, 5) is 0. The molecular weight excluding hydrogens is 114 g/mol. The van der Waals surface area contributed by atoms with E-state index >= 15 is 0 Å². The average Bonchev–Trinajstić information content (AvgIpc) is 1.98. The second kappa shape index (κ2) is 1.92. The van der Waals surface area contributed by atoms with Crippen LogP contribution in [0.15, 0.2) is 11.4 Å². The first-order chi connectivity index (χ1) is 4.13. The largest absolute Gasteiger partial charge is 0.304 e. The Kier molecular flexibility index (Phi) is 1.37. The van der Waals surface area contributed by atoms with Crippen molar-refractivity contribution >= 4 is 0 Å². The van der Waals surface area contributed by atoms with Gasteiger partial charge in [0, 0.05) is 25.5 Å². The van der Waals surface area contributed by atoms with Gasteiger partial charge in [-0.25, -0.2) is 0 Å². The molecule has 1 aliphatic rings. The third-order valence-corrected chi connectivity index (χ3v) is 1.81. The monoisotopic (exact) mass is 127 g/mol. The number of hydrazine groups is 2. The van der Waals surface area contributed by atoms with Gasteiger partial charge in [-0.05, 0) is 13.8 Å². The normalized spacial score (nSPS) is 21.1. The van der Waals surface area contributed by atoms with Crippen LogP contribution in [0.25, 0.3) is 0 Å². The summed E-state index contributed by atoms with van der Waals surface area (Å²) in [6.07, 6.45) is 0. The molecule has 0 fully saturated rings. The van der Waals surface area contributed by atoms with Gasteiger partial charge >= 0.3 is 0 Å². The fourth-order valence-corrected chi connectivity index (χ4v) is 0.866. The molecule has 0 aromatic heterocycles. The van der Waals surface area contributed by atoms with Gasteiger partial charge in [-0.15, -0.1) is 5.12 Å². The van der Waals surface area contributed by atoms with Crippen molar-refractivity contribution in [2.45, 2.75) is 13.8 Å². The molecule has 0 saturated heterocycles. The van der Waals surface area contributed by atoms with Crippen molar-refractivity contribution in [3.05, 3.63) is 11.4 Å². The molecule has 52 valence electrons. The van der Waals surface area contributed by atoms with Crippen molar-refractivity contribution in [3.63, 3.8) is 0 Å². The molecule has 0 saturated carbocycles. The van der Waals surface area contributed by atoms with Gasteiger partial charge < -0.3 is 5.43 Å². The minimum Gasteiger partial charge on any atom is -0.304 e.